The fourth-order valence-electron chi connectivity index (χ4n) is 3.02. The van der Waals surface area contributed by atoms with Crippen molar-refractivity contribution in [1.82, 2.24) is 9.47 Å². The van der Waals surface area contributed by atoms with Gasteiger partial charge in [-0.05, 0) is 30.0 Å². The molecule has 1 fully saturated rings. The Balaban J connectivity index is 1.68. The maximum absolute atomic E-state index is 11.9. The highest BCUT2D eigenvalue weighted by atomic mass is 16.4. The molecule has 0 radical (unpaired) electrons. The van der Waals surface area contributed by atoms with Crippen molar-refractivity contribution in [3.05, 3.63) is 75.2 Å². The summed E-state index contributed by atoms with van der Waals surface area (Å²) in [6.07, 6.45) is 5.02. The van der Waals surface area contributed by atoms with Gasteiger partial charge in [0.15, 0.2) is 6.29 Å². The summed E-state index contributed by atoms with van der Waals surface area (Å²) in [4.78, 5) is 35.1. The maximum atomic E-state index is 11.9. The monoisotopic (exact) mass is 352 g/mol. The summed E-state index contributed by atoms with van der Waals surface area (Å²) in [5, 5.41) is 8.98. The Morgan fingerprint density at radius 1 is 1.04 bits per heavy atom. The number of carboxylic acid groups (broad SMARTS) is 1. The molecule has 0 atom stereocenters. The zero-order chi connectivity index (χ0) is 18.5. The summed E-state index contributed by atoms with van der Waals surface area (Å²) in [5.74, 6) is 0. The molecule has 26 heavy (non-hydrogen) atoms. The van der Waals surface area contributed by atoms with Gasteiger partial charge in [0.2, 0.25) is 0 Å². The first-order valence-electron chi connectivity index (χ1n) is 8.47. The fraction of sp³-hybridized carbons (Fsp3) is 0.250. The quantitative estimate of drug-likeness (QED) is 0.858. The number of aldehydes is 1. The predicted molar refractivity (Wildman–Crippen MR) is 98.4 cm³/mol. The van der Waals surface area contributed by atoms with E-state index in [-0.39, 0.29) is 5.56 Å². The van der Waals surface area contributed by atoms with Crippen LogP contribution in [0.25, 0.3) is 6.08 Å². The number of aromatic nitrogens is 1. The van der Waals surface area contributed by atoms with Gasteiger partial charge in [-0.15, -0.1) is 0 Å². The van der Waals surface area contributed by atoms with Gasteiger partial charge in [-0.3, -0.25) is 9.59 Å². The number of rotatable bonds is 4. The van der Waals surface area contributed by atoms with Crippen molar-refractivity contribution in [2.45, 2.75) is 19.4 Å². The van der Waals surface area contributed by atoms with Crippen LogP contribution < -0.4 is 5.56 Å². The summed E-state index contributed by atoms with van der Waals surface area (Å²) in [5.41, 5.74) is 3.59. The first-order valence-corrected chi connectivity index (χ1v) is 8.47. The minimum atomic E-state index is -0.859. The Morgan fingerprint density at radius 3 is 2.31 bits per heavy atom. The second-order valence-corrected chi connectivity index (χ2v) is 6.36. The molecule has 1 aliphatic heterocycles. The normalized spacial score (nSPS) is 14.2. The summed E-state index contributed by atoms with van der Waals surface area (Å²) >= 11 is 0. The second-order valence-electron chi connectivity index (χ2n) is 6.36. The van der Waals surface area contributed by atoms with E-state index >= 15 is 0 Å². The van der Waals surface area contributed by atoms with Crippen LogP contribution in [0.1, 0.15) is 34.3 Å². The zero-order valence-corrected chi connectivity index (χ0v) is 14.3. The first-order chi connectivity index (χ1) is 12.5. The summed E-state index contributed by atoms with van der Waals surface area (Å²) in [6.45, 7) is 1.48. The van der Waals surface area contributed by atoms with Crippen LogP contribution in [0.3, 0.4) is 0 Å². The molecule has 1 aromatic carbocycles. The number of benzene rings is 1. The van der Waals surface area contributed by atoms with Crippen LogP contribution in [0.5, 0.6) is 0 Å². The lowest BCUT2D eigenvalue weighted by atomic mass is 10.0. The third-order valence-corrected chi connectivity index (χ3v) is 4.52. The van der Waals surface area contributed by atoms with Gasteiger partial charge in [-0.25, -0.2) is 4.79 Å². The van der Waals surface area contributed by atoms with Gasteiger partial charge in [-0.2, -0.15) is 0 Å². The molecule has 0 bridgehead atoms. The van der Waals surface area contributed by atoms with Crippen LogP contribution in [0.4, 0.5) is 4.79 Å². The van der Waals surface area contributed by atoms with E-state index in [0.29, 0.717) is 25.2 Å². The highest BCUT2D eigenvalue weighted by Crippen LogP contribution is 2.20. The van der Waals surface area contributed by atoms with Crippen LogP contribution >= 0.6 is 0 Å². The van der Waals surface area contributed by atoms with Crippen LogP contribution in [0, 0.1) is 0 Å². The standard InChI is InChI=1S/C20H20N2O4/c23-14-18-5-6-19(24)22(13-18)12-17-3-1-15(2-4-17)11-16-7-9-21(10-8-16)20(25)26/h1-6,11,13-14H,7-10,12H2,(H,25,26). The van der Waals surface area contributed by atoms with Gasteiger partial charge >= 0.3 is 6.09 Å². The molecular weight excluding hydrogens is 332 g/mol. The topological polar surface area (TPSA) is 79.6 Å². The van der Waals surface area contributed by atoms with Crippen LogP contribution in [0.2, 0.25) is 0 Å². The highest BCUT2D eigenvalue weighted by Gasteiger charge is 2.17. The van der Waals surface area contributed by atoms with Crippen LogP contribution in [-0.4, -0.2) is 40.0 Å². The SMILES string of the molecule is O=Cc1ccc(=O)n(Cc2ccc(C=C3CCN(C(=O)O)CC3)cc2)c1. The number of likely N-dealkylation sites (tertiary alicyclic amines) is 1. The molecule has 0 saturated carbocycles. The molecule has 0 spiro atoms. The summed E-state index contributed by atoms with van der Waals surface area (Å²) in [7, 11) is 0. The van der Waals surface area contributed by atoms with E-state index in [4.69, 9.17) is 5.11 Å². The predicted octanol–water partition coefficient (Wildman–Crippen LogP) is 2.87. The number of hydrogen-bond acceptors (Lipinski definition) is 3. The van der Waals surface area contributed by atoms with E-state index in [1.54, 1.807) is 6.20 Å². The second kappa shape index (κ2) is 7.82. The molecule has 3 rings (SSSR count). The smallest absolute Gasteiger partial charge is 0.407 e. The minimum Gasteiger partial charge on any atom is -0.465 e. The van der Waals surface area contributed by atoms with Crippen LogP contribution in [-0.2, 0) is 6.54 Å². The largest absolute Gasteiger partial charge is 0.465 e. The first kappa shape index (κ1) is 17.7. The molecule has 1 aliphatic rings. The molecule has 0 aliphatic carbocycles. The Hall–Kier alpha value is -3.15. The molecular formula is C20H20N2O4. The lowest BCUT2D eigenvalue weighted by molar-refractivity contribution is 0.112. The van der Waals surface area contributed by atoms with Gasteiger partial charge in [0.05, 0.1) is 6.54 Å². The number of hydrogen-bond donors (Lipinski definition) is 1. The third-order valence-electron chi connectivity index (χ3n) is 4.52. The average Bonchev–Trinajstić information content (AvgIpc) is 2.65. The Kier molecular flexibility index (Phi) is 5.31. The zero-order valence-electron chi connectivity index (χ0n) is 14.3. The lowest BCUT2D eigenvalue weighted by Gasteiger charge is -2.25. The van der Waals surface area contributed by atoms with Crippen molar-refractivity contribution in [2.75, 3.05) is 13.1 Å². The van der Waals surface area contributed by atoms with Crippen molar-refractivity contribution in [3.8, 4) is 0 Å². The molecule has 6 nitrogen and oxygen atoms in total. The molecule has 1 saturated heterocycles. The third kappa shape index (κ3) is 4.27. The Morgan fingerprint density at radius 2 is 1.69 bits per heavy atom. The fourth-order valence-corrected chi connectivity index (χ4v) is 3.02. The molecule has 1 N–H and O–H groups in total. The number of amides is 1. The number of piperidine rings is 1. The molecule has 1 amide bonds. The van der Waals surface area contributed by atoms with Gasteiger partial charge < -0.3 is 14.6 Å². The van der Waals surface area contributed by atoms with E-state index in [9.17, 15) is 14.4 Å². The Labute approximate surface area is 151 Å². The molecule has 134 valence electrons. The van der Waals surface area contributed by atoms with Gasteiger partial charge in [0.25, 0.3) is 5.56 Å². The number of carbonyl (C=O) groups excluding carboxylic acids is 1. The van der Waals surface area contributed by atoms with Crippen molar-refractivity contribution in [1.29, 1.82) is 0 Å². The maximum Gasteiger partial charge on any atom is 0.407 e. The van der Waals surface area contributed by atoms with Crippen LogP contribution in [0.15, 0.2) is 53.0 Å². The van der Waals surface area contributed by atoms with E-state index in [1.807, 2.05) is 24.3 Å². The van der Waals surface area contributed by atoms with Crippen molar-refractivity contribution >= 4 is 18.5 Å². The molecule has 2 heterocycles. The molecule has 2 aromatic rings. The van der Waals surface area contributed by atoms with E-state index in [0.717, 1.165) is 30.3 Å². The highest BCUT2D eigenvalue weighted by molar-refractivity contribution is 5.73. The van der Waals surface area contributed by atoms with Crippen molar-refractivity contribution in [2.24, 2.45) is 0 Å². The Bertz CT molecular complexity index is 887. The van der Waals surface area contributed by atoms with Gasteiger partial charge in [0, 0.05) is 30.9 Å². The summed E-state index contributed by atoms with van der Waals surface area (Å²) < 4.78 is 1.51. The molecule has 1 aromatic heterocycles. The number of nitrogens with zero attached hydrogens (tertiary/aromatic N) is 2. The van der Waals surface area contributed by atoms with E-state index < -0.39 is 6.09 Å². The molecule has 0 unspecified atom stereocenters. The van der Waals surface area contributed by atoms with E-state index in [1.165, 1.54) is 27.2 Å². The summed E-state index contributed by atoms with van der Waals surface area (Å²) in [6, 6.07) is 10.8. The van der Waals surface area contributed by atoms with Crippen molar-refractivity contribution < 1.29 is 14.7 Å². The van der Waals surface area contributed by atoms with Crippen molar-refractivity contribution in [3.63, 3.8) is 0 Å². The van der Waals surface area contributed by atoms with Gasteiger partial charge in [-0.1, -0.05) is 35.9 Å². The van der Waals surface area contributed by atoms with Gasteiger partial charge in [0.1, 0.15) is 0 Å². The minimum absolute atomic E-state index is 0.146. The van der Waals surface area contributed by atoms with E-state index in [2.05, 4.69) is 6.08 Å². The lowest BCUT2D eigenvalue weighted by Crippen LogP contribution is -2.35. The molecule has 6 heteroatoms. The number of pyridine rings is 1. The number of carbonyl (C=O) groups is 2. The average molecular weight is 352 g/mol.